The molecule has 3 aliphatic rings. The molecule has 2 aliphatic heterocycles. The van der Waals surface area contributed by atoms with Crippen LogP contribution in [0.25, 0.3) is 0 Å². The van der Waals surface area contributed by atoms with Gasteiger partial charge in [0.25, 0.3) is 0 Å². The molecule has 5 nitrogen and oxygen atoms in total. The third kappa shape index (κ3) is 3.10. The normalized spacial score (nSPS) is 32.8. The Labute approximate surface area is 150 Å². The Morgan fingerprint density at radius 2 is 2.08 bits per heavy atom. The van der Waals surface area contributed by atoms with Gasteiger partial charge in [-0.3, -0.25) is 0 Å². The number of nitrogens with zero attached hydrogens (tertiary/aromatic N) is 1. The zero-order chi connectivity index (χ0) is 17.4. The van der Waals surface area contributed by atoms with Crippen LogP contribution < -0.4 is 15.5 Å². The summed E-state index contributed by atoms with van der Waals surface area (Å²) in [4.78, 5) is 14.8. The van der Waals surface area contributed by atoms with Gasteiger partial charge in [-0.15, -0.1) is 0 Å². The molecule has 2 saturated heterocycles. The average Bonchev–Trinajstić information content (AvgIpc) is 3.27. The van der Waals surface area contributed by atoms with Gasteiger partial charge in [0.2, 0.25) is 0 Å². The molecule has 1 aromatic carbocycles. The number of para-hydroxylation sites is 1. The molecule has 0 spiro atoms. The van der Waals surface area contributed by atoms with E-state index in [4.69, 9.17) is 4.74 Å². The maximum Gasteiger partial charge on any atom is 0.315 e. The molecular weight excluding hydrogens is 314 g/mol. The molecule has 5 heteroatoms. The Morgan fingerprint density at radius 3 is 2.88 bits per heavy atom. The third-order valence-electron chi connectivity index (χ3n) is 6.35. The zero-order valence-corrected chi connectivity index (χ0v) is 15.2. The molecule has 0 aromatic heterocycles. The van der Waals surface area contributed by atoms with Crippen molar-refractivity contribution in [2.24, 2.45) is 17.3 Å². The molecule has 3 fully saturated rings. The largest absolute Gasteiger partial charge is 0.377 e. The summed E-state index contributed by atoms with van der Waals surface area (Å²) in [6, 6.07) is 10.7. The molecular formula is C20H29N3O2. The van der Waals surface area contributed by atoms with E-state index in [1.807, 2.05) is 6.07 Å². The highest BCUT2D eigenvalue weighted by Gasteiger charge is 2.59. The highest BCUT2D eigenvalue weighted by molar-refractivity contribution is 5.74. The van der Waals surface area contributed by atoms with Gasteiger partial charge < -0.3 is 20.3 Å². The first-order chi connectivity index (χ1) is 12.1. The summed E-state index contributed by atoms with van der Waals surface area (Å²) in [5, 5.41) is 6.30. The second-order valence-corrected chi connectivity index (χ2v) is 8.33. The summed E-state index contributed by atoms with van der Waals surface area (Å²) in [6.07, 6.45) is 2.50. The van der Waals surface area contributed by atoms with Crippen LogP contribution in [0.15, 0.2) is 30.3 Å². The van der Waals surface area contributed by atoms with Crippen LogP contribution in [0.4, 0.5) is 10.5 Å². The number of urea groups is 1. The zero-order valence-electron chi connectivity index (χ0n) is 15.2. The second kappa shape index (κ2) is 6.52. The predicted molar refractivity (Wildman–Crippen MR) is 98.7 cm³/mol. The highest BCUT2D eigenvalue weighted by atomic mass is 16.5. The van der Waals surface area contributed by atoms with Crippen molar-refractivity contribution in [2.75, 3.05) is 31.1 Å². The fourth-order valence-electron chi connectivity index (χ4n) is 4.92. The van der Waals surface area contributed by atoms with E-state index in [-0.39, 0.29) is 17.5 Å². The van der Waals surface area contributed by atoms with Gasteiger partial charge in [0.15, 0.2) is 0 Å². The van der Waals surface area contributed by atoms with Crippen molar-refractivity contribution < 1.29 is 9.53 Å². The van der Waals surface area contributed by atoms with E-state index in [9.17, 15) is 4.79 Å². The van der Waals surface area contributed by atoms with E-state index < -0.39 is 0 Å². The van der Waals surface area contributed by atoms with Gasteiger partial charge in [-0.05, 0) is 30.9 Å². The molecule has 2 heterocycles. The fourth-order valence-corrected chi connectivity index (χ4v) is 4.92. The van der Waals surface area contributed by atoms with E-state index >= 15 is 0 Å². The van der Waals surface area contributed by atoms with Crippen LogP contribution >= 0.6 is 0 Å². The summed E-state index contributed by atoms with van der Waals surface area (Å²) in [5.41, 5.74) is 1.31. The number of fused-ring (bicyclic) bond motifs is 1. The first-order valence-corrected chi connectivity index (χ1v) is 9.51. The van der Waals surface area contributed by atoms with E-state index in [1.54, 1.807) is 0 Å². The minimum atomic E-state index is -0.0263. The topological polar surface area (TPSA) is 53.6 Å². The number of rotatable bonds is 4. The molecule has 2 N–H and O–H groups in total. The molecule has 0 radical (unpaired) electrons. The minimum absolute atomic E-state index is 0.0263. The lowest BCUT2D eigenvalue weighted by Gasteiger charge is -2.54. The predicted octanol–water partition coefficient (Wildman–Crippen LogP) is 2.63. The number of amides is 2. The number of hydrogen-bond acceptors (Lipinski definition) is 3. The lowest BCUT2D eigenvalue weighted by molar-refractivity contribution is -0.108. The standard InChI is InChI=1S/C20H29N3O2/c1-20(2)17(16-9-11-25-18(16)20)22-19(24)21-12-14-8-10-23(13-14)15-6-4-3-5-7-15/h3-7,14,16-18H,8-13H2,1-2H3,(H2,21,22,24)/t14-,16+,17+,18-/m0/s1. The van der Waals surface area contributed by atoms with Gasteiger partial charge >= 0.3 is 6.03 Å². The molecule has 2 amide bonds. The average molecular weight is 343 g/mol. The Morgan fingerprint density at radius 1 is 1.28 bits per heavy atom. The molecule has 4 atom stereocenters. The van der Waals surface area contributed by atoms with E-state index in [0.717, 1.165) is 39.1 Å². The lowest BCUT2D eigenvalue weighted by atomic mass is 9.57. The Bertz CT molecular complexity index is 619. The number of ether oxygens (including phenoxy) is 1. The summed E-state index contributed by atoms with van der Waals surface area (Å²) in [6.45, 7) is 8.04. The number of carbonyl (C=O) groups is 1. The maximum atomic E-state index is 12.4. The van der Waals surface area contributed by atoms with Crippen LogP contribution in [0.2, 0.25) is 0 Å². The monoisotopic (exact) mass is 343 g/mol. The van der Waals surface area contributed by atoms with Crippen molar-refractivity contribution in [1.29, 1.82) is 0 Å². The molecule has 1 aliphatic carbocycles. The maximum absolute atomic E-state index is 12.4. The molecule has 0 unspecified atom stereocenters. The van der Waals surface area contributed by atoms with Crippen molar-refractivity contribution >= 4 is 11.7 Å². The smallest absolute Gasteiger partial charge is 0.315 e. The van der Waals surface area contributed by atoms with Crippen LogP contribution in [-0.2, 0) is 4.74 Å². The number of hydrogen-bond donors (Lipinski definition) is 2. The highest BCUT2D eigenvalue weighted by Crippen LogP contribution is 2.52. The van der Waals surface area contributed by atoms with Crippen molar-refractivity contribution in [3.63, 3.8) is 0 Å². The first-order valence-electron chi connectivity index (χ1n) is 9.51. The van der Waals surface area contributed by atoms with Crippen molar-refractivity contribution in [3.8, 4) is 0 Å². The molecule has 1 aromatic rings. The van der Waals surface area contributed by atoms with Crippen LogP contribution in [0.5, 0.6) is 0 Å². The Balaban J connectivity index is 1.23. The number of carbonyl (C=O) groups excluding carboxylic acids is 1. The van der Waals surface area contributed by atoms with Gasteiger partial charge in [0.05, 0.1) is 6.10 Å². The number of benzene rings is 1. The van der Waals surface area contributed by atoms with Crippen LogP contribution in [0.3, 0.4) is 0 Å². The van der Waals surface area contributed by atoms with Crippen molar-refractivity contribution in [3.05, 3.63) is 30.3 Å². The van der Waals surface area contributed by atoms with Gasteiger partial charge in [-0.2, -0.15) is 0 Å². The summed E-state index contributed by atoms with van der Waals surface area (Å²) in [7, 11) is 0. The summed E-state index contributed by atoms with van der Waals surface area (Å²) < 4.78 is 5.80. The Kier molecular flexibility index (Phi) is 4.36. The SMILES string of the molecule is CC1(C)[C@H](NC(=O)NC[C@@H]2CCN(c3ccccc3)C2)[C@H]2CCO[C@@H]21. The Hall–Kier alpha value is -1.75. The third-order valence-corrected chi connectivity index (χ3v) is 6.35. The quantitative estimate of drug-likeness (QED) is 0.884. The van der Waals surface area contributed by atoms with Crippen LogP contribution in [-0.4, -0.2) is 44.4 Å². The van der Waals surface area contributed by atoms with Crippen molar-refractivity contribution in [1.82, 2.24) is 10.6 Å². The molecule has 0 bridgehead atoms. The fraction of sp³-hybridized carbons (Fsp3) is 0.650. The van der Waals surface area contributed by atoms with E-state index in [1.165, 1.54) is 5.69 Å². The lowest BCUT2D eigenvalue weighted by Crippen LogP contribution is -2.67. The molecule has 1 saturated carbocycles. The minimum Gasteiger partial charge on any atom is -0.377 e. The van der Waals surface area contributed by atoms with Crippen LogP contribution in [0.1, 0.15) is 26.7 Å². The van der Waals surface area contributed by atoms with Gasteiger partial charge in [-0.1, -0.05) is 32.0 Å². The van der Waals surface area contributed by atoms with Crippen LogP contribution in [0, 0.1) is 17.3 Å². The van der Waals surface area contributed by atoms with Crippen molar-refractivity contribution in [2.45, 2.75) is 38.8 Å². The van der Waals surface area contributed by atoms with E-state index in [0.29, 0.717) is 17.9 Å². The van der Waals surface area contributed by atoms with Gasteiger partial charge in [0.1, 0.15) is 0 Å². The first kappa shape index (κ1) is 16.7. The van der Waals surface area contributed by atoms with E-state index in [2.05, 4.69) is 53.6 Å². The molecule has 4 rings (SSSR count). The summed E-state index contributed by atoms with van der Waals surface area (Å²) >= 11 is 0. The number of anilines is 1. The molecule has 136 valence electrons. The molecule has 25 heavy (non-hydrogen) atoms. The second-order valence-electron chi connectivity index (χ2n) is 8.33. The number of nitrogens with one attached hydrogen (secondary N) is 2. The van der Waals surface area contributed by atoms with Gasteiger partial charge in [-0.25, -0.2) is 4.79 Å². The van der Waals surface area contributed by atoms with Gasteiger partial charge in [0, 0.05) is 49.3 Å². The summed E-state index contributed by atoms with van der Waals surface area (Å²) in [5.74, 6) is 1.00.